The van der Waals surface area contributed by atoms with E-state index in [-0.39, 0.29) is 30.8 Å². The fraction of sp³-hybridized carbons (Fsp3) is 0.467. The van der Waals surface area contributed by atoms with E-state index in [0.29, 0.717) is 19.7 Å². The topological polar surface area (TPSA) is 55.8 Å². The average Bonchev–Trinajstić information content (AvgIpc) is 2.53. The predicted molar refractivity (Wildman–Crippen MR) is 80.7 cm³/mol. The van der Waals surface area contributed by atoms with Gasteiger partial charge in [-0.05, 0) is 17.7 Å². The quantitative estimate of drug-likeness (QED) is 0.777. The minimum absolute atomic E-state index is 0.0363. The Morgan fingerprint density at radius 3 is 2.71 bits per heavy atom. The van der Waals surface area contributed by atoms with Crippen LogP contribution in [-0.2, 0) is 19.1 Å². The summed E-state index contributed by atoms with van der Waals surface area (Å²) in [7, 11) is 1.32. The van der Waals surface area contributed by atoms with E-state index in [1.54, 1.807) is 4.90 Å². The van der Waals surface area contributed by atoms with E-state index in [0.717, 1.165) is 10.0 Å². The second-order valence-corrected chi connectivity index (χ2v) is 5.74. The van der Waals surface area contributed by atoms with Gasteiger partial charge in [-0.3, -0.25) is 9.59 Å². The van der Waals surface area contributed by atoms with Crippen molar-refractivity contribution >= 4 is 27.8 Å². The van der Waals surface area contributed by atoms with Crippen LogP contribution in [0.2, 0.25) is 0 Å². The number of nitrogens with zero attached hydrogens (tertiary/aromatic N) is 1. The smallest absolute Gasteiger partial charge is 0.306 e. The van der Waals surface area contributed by atoms with E-state index in [9.17, 15) is 9.59 Å². The molecule has 0 aliphatic carbocycles. The summed E-state index contributed by atoms with van der Waals surface area (Å²) in [4.78, 5) is 24.9. The fourth-order valence-corrected chi connectivity index (χ4v) is 2.49. The highest BCUT2D eigenvalue weighted by Gasteiger charge is 2.25. The molecular formula is C15H18BrNO4. The first-order valence-corrected chi connectivity index (χ1v) is 7.61. The molecule has 1 aromatic rings. The van der Waals surface area contributed by atoms with Gasteiger partial charge in [0.1, 0.15) is 6.10 Å². The molecule has 1 amide bonds. The molecule has 1 aromatic carbocycles. The molecule has 0 bridgehead atoms. The first kappa shape index (κ1) is 16.0. The maximum Gasteiger partial charge on any atom is 0.306 e. The van der Waals surface area contributed by atoms with Crippen molar-refractivity contribution in [3.05, 3.63) is 34.3 Å². The number of methoxy groups -OCH3 is 1. The van der Waals surface area contributed by atoms with Crippen LogP contribution in [0.1, 0.15) is 24.5 Å². The fourth-order valence-electron chi connectivity index (χ4n) is 2.22. The van der Waals surface area contributed by atoms with Gasteiger partial charge >= 0.3 is 5.97 Å². The second-order valence-electron chi connectivity index (χ2n) is 4.83. The number of carbonyl (C=O) groups excluding carboxylic acids is 2. The number of amides is 1. The standard InChI is InChI=1S/C15H18BrNO4/c1-20-15(19)7-6-14(18)17-8-9-21-13(10-17)11-2-4-12(16)5-3-11/h2-5,13H,6-10H2,1H3. The number of esters is 1. The van der Waals surface area contributed by atoms with Gasteiger partial charge < -0.3 is 14.4 Å². The first-order valence-electron chi connectivity index (χ1n) is 6.82. The molecule has 1 saturated heterocycles. The van der Waals surface area contributed by atoms with Crippen LogP contribution in [0, 0.1) is 0 Å². The average molecular weight is 356 g/mol. The van der Waals surface area contributed by atoms with Crippen molar-refractivity contribution in [1.82, 2.24) is 4.90 Å². The summed E-state index contributed by atoms with van der Waals surface area (Å²) in [5.74, 6) is -0.396. The molecule has 1 atom stereocenters. The Morgan fingerprint density at radius 1 is 1.33 bits per heavy atom. The molecule has 6 heteroatoms. The number of morpholine rings is 1. The van der Waals surface area contributed by atoms with Crippen molar-refractivity contribution in [2.45, 2.75) is 18.9 Å². The van der Waals surface area contributed by atoms with Crippen molar-refractivity contribution in [3.8, 4) is 0 Å². The maximum absolute atomic E-state index is 12.1. The van der Waals surface area contributed by atoms with Crippen molar-refractivity contribution in [1.29, 1.82) is 0 Å². The summed E-state index contributed by atoms with van der Waals surface area (Å²) in [6.07, 6.45) is 0.184. The van der Waals surface area contributed by atoms with Crippen LogP contribution >= 0.6 is 15.9 Å². The zero-order valence-electron chi connectivity index (χ0n) is 11.9. The minimum atomic E-state index is -0.360. The van der Waals surface area contributed by atoms with Crippen LogP contribution < -0.4 is 0 Å². The Bertz CT molecular complexity index is 503. The van der Waals surface area contributed by atoms with Gasteiger partial charge in [0.05, 0.1) is 26.7 Å². The molecule has 1 fully saturated rings. The molecule has 0 aromatic heterocycles. The molecule has 0 radical (unpaired) electrons. The molecule has 21 heavy (non-hydrogen) atoms. The van der Waals surface area contributed by atoms with Crippen molar-refractivity contribution in [2.75, 3.05) is 26.8 Å². The summed E-state index contributed by atoms with van der Waals surface area (Å²) in [5.41, 5.74) is 1.05. The number of carbonyl (C=O) groups is 2. The monoisotopic (exact) mass is 355 g/mol. The molecule has 1 aliphatic rings. The maximum atomic E-state index is 12.1. The summed E-state index contributed by atoms with van der Waals surface area (Å²) in [5, 5.41) is 0. The Hall–Kier alpha value is -1.40. The Balaban J connectivity index is 1.92. The van der Waals surface area contributed by atoms with E-state index >= 15 is 0 Å². The number of benzene rings is 1. The number of hydrogen-bond acceptors (Lipinski definition) is 4. The van der Waals surface area contributed by atoms with Crippen LogP contribution in [0.15, 0.2) is 28.7 Å². The van der Waals surface area contributed by atoms with Crippen LogP contribution in [0.4, 0.5) is 0 Å². The third-order valence-electron chi connectivity index (χ3n) is 3.43. The van der Waals surface area contributed by atoms with E-state index in [1.807, 2.05) is 24.3 Å². The Labute approximate surface area is 132 Å². The predicted octanol–water partition coefficient (Wildman–Crippen LogP) is 2.30. The molecule has 5 nitrogen and oxygen atoms in total. The molecule has 0 saturated carbocycles. The molecule has 1 heterocycles. The van der Waals surface area contributed by atoms with Crippen LogP contribution in [-0.4, -0.2) is 43.6 Å². The van der Waals surface area contributed by atoms with Crippen molar-refractivity contribution < 1.29 is 19.1 Å². The normalized spacial score (nSPS) is 18.4. The zero-order chi connectivity index (χ0) is 15.2. The lowest BCUT2D eigenvalue weighted by Crippen LogP contribution is -2.42. The van der Waals surface area contributed by atoms with Crippen molar-refractivity contribution in [3.63, 3.8) is 0 Å². The number of halogens is 1. The Kier molecular flexibility index (Phi) is 5.76. The minimum Gasteiger partial charge on any atom is -0.469 e. The van der Waals surface area contributed by atoms with Gasteiger partial charge in [0, 0.05) is 17.4 Å². The van der Waals surface area contributed by atoms with Gasteiger partial charge in [-0.15, -0.1) is 0 Å². The molecule has 1 unspecified atom stereocenters. The number of hydrogen-bond donors (Lipinski definition) is 0. The van der Waals surface area contributed by atoms with E-state index in [4.69, 9.17) is 4.74 Å². The van der Waals surface area contributed by atoms with Gasteiger partial charge in [-0.1, -0.05) is 28.1 Å². The largest absolute Gasteiger partial charge is 0.469 e. The lowest BCUT2D eigenvalue weighted by Gasteiger charge is -2.33. The van der Waals surface area contributed by atoms with Crippen LogP contribution in [0.5, 0.6) is 0 Å². The molecule has 0 spiro atoms. The molecule has 114 valence electrons. The third-order valence-corrected chi connectivity index (χ3v) is 3.96. The lowest BCUT2D eigenvalue weighted by molar-refractivity contribution is -0.146. The second kappa shape index (κ2) is 7.56. The van der Waals surface area contributed by atoms with Crippen LogP contribution in [0.3, 0.4) is 0 Å². The van der Waals surface area contributed by atoms with E-state index < -0.39 is 0 Å². The molecule has 0 N–H and O–H groups in total. The highest BCUT2D eigenvalue weighted by atomic mass is 79.9. The summed E-state index contributed by atoms with van der Waals surface area (Å²) in [6, 6.07) is 7.88. The first-order chi connectivity index (χ1) is 10.1. The zero-order valence-corrected chi connectivity index (χ0v) is 13.5. The lowest BCUT2D eigenvalue weighted by atomic mass is 10.1. The van der Waals surface area contributed by atoms with Gasteiger partial charge in [0.2, 0.25) is 5.91 Å². The summed E-state index contributed by atoms with van der Waals surface area (Å²) < 4.78 is 11.3. The van der Waals surface area contributed by atoms with Crippen LogP contribution in [0.25, 0.3) is 0 Å². The highest BCUT2D eigenvalue weighted by Crippen LogP contribution is 2.24. The van der Waals surface area contributed by atoms with Gasteiger partial charge in [0.25, 0.3) is 0 Å². The van der Waals surface area contributed by atoms with E-state index in [2.05, 4.69) is 20.7 Å². The summed E-state index contributed by atoms with van der Waals surface area (Å²) >= 11 is 3.40. The Morgan fingerprint density at radius 2 is 2.05 bits per heavy atom. The van der Waals surface area contributed by atoms with Gasteiger partial charge in [0.15, 0.2) is 0 Å². The van der Waals surface area contributed by atoms with Crippen molar-refractivity contribution in [2.24, 2.45) is 0 Å². The van der Waals surface area contributed by atoms with Gasteiger partial charge in [-0.25, -0.2) is 0 Å². The highest BCUT2D eigenvalue weighted by molar-refractivity contribution is 9.10. The number of rotatable bonds is 4. The van der Waals surface area contributed by atoms with E-state index in [1.165, 1.54) is 7.11 Å². The third kappa shape index (κ3) is 4.54. The molecule has 2 rings (SSSR count). The van der Waals surface area contributed by atoms with Gasteiger partial charge in [-0.2, -0.15) is 0 Å². The SMILES string of the molecule is COC(=O)CCC(=O)N1CCOC(c2ccc(Br)cc2)C1. The molecule has 1 aliphatic heterocycles. The summed E-state index contributed by atoms with van der Waals surface area (Å²) in [6.45, 7) is 1.58. The molecular weight excluding hydrogens is 338 g/mol. The number of ether oxygens (including phenoxy) is 2.